The van der Waals surface area contributed by atoms with Gasteiger partial charge in [-0.05, 0) is 22.8 Å². The second-order valence-corrected chi connectivity index (χ2v) is 3.66. The topological polar surface area (TPSA) is 82.1 Å². The molecule has 2 aromatic rings. The molecular weight excluding hydrogens is 230 g/mol. The summed E-state index contributed by atoms with van der Waals surface area (Å²) in [5.41, 5.74) is 0. The van der Waals surface area contributed by atoms with E-state index < -0.39 is 4.92 Å². The van der Waals surface area contributed by atoms with Crippen molar-refractivity contribution in [3.05, 3.63) is 27.5 Å². The Morgan fingerprint density at radius 1 is 1.57 bits per heavy atom. The molecule has 0 bridgehead atoms. The maximum Gasteiger partial charge on any atom is 0.324 e. The third kappa shape index (κ3) is 1.59. The summed E-state index contributed by atoms with van der Waals surface area (Å²) in [5.74, 6) is 0.188. The van der Waals surface area contributed by atoms with Gasteiger partial charge in [0.25, 0.3) is 11.2 Å². The Kier molecular flexibility index (Phi) is 2.18. The summed E-state index contributed by atoms with van der Waals surface area (Å²) in [6.07, 6.45) is 0. The Labute approximate surface area is 86.3 Å². The zero-order valence-corrected chi connectivity index (χ0v) is 8.08. The molecule has 2 rings (SSSR count). The summed E-state index contributed by atoms with van der Waals surface area (Å²) in [5, 5.41) is 13.7. The van der Waals surface area contributed by atoms with E-state index in [0.29, 0.717) is 4.88 Å². The van der Waals surface area contributed by atoms with E-state index in [-0.39, 0.29) is 16.2 Å². The number of thiophene rings is 1. The number of aromatic nitrogens is 2. The zero-order chi connectivity index (χ0) is 10.1. The van der Waals surface area contributed by atoms with Crippen molar-refractivity contribution in [2.45, 2.75) is 0 Å². The molecule has 0 amide bonds. The van der Waals surface area contributed by atoms with Gasteiger partial charge in [0.15, 0.2) is 0 Å². The zero-order valence-electron chi connectivity index (χ0n) is 6.51. The van der Waals surface area contributed by atoms with E-state index in [1.54, 1.807) is 0 Å². The molecule has 0 aliphatic heterocycles. The Morgan fingerprint density at radius 2 is 2.36 bits per heavy atom. The minimum atomic E-state index is -0.480. The van der Waals surface area contributed by atoms with Crippen molar-refractivity contribution >= 4 is 27.9 Å². The largest absolute Gasteiger partial charge is 0.332 e. The highest BCUT2D eigenvalue weighted by molar-refractivity contribution is 7.18. The summed E-state index contributed by atoms with van der Waals surface area (Å²) < 4.78 is 4.74. The fourth-order valence-corrected chi connectivity index (χ4v) is 1.70. The lowest BCUT2D eigenvalue weighted by Crippen LogP contribution is -1.80. The van der Waals surface area contributed by atoms with Gasteiger partial charge >= 0.3 is 5.00 Å². The molecule has 2 heterocycles. The van der Waals surface area contributed by atoms with Crippen LogP contribution in [0.15, 0.2) is 16.7 Å². The average Bonchev–Trinajstić information content (AvgIpc) is 2.70. The standard InChI is InChI=1S/C6H2ClN3O3S/c7-6-8-5(13-9-6)3-1-2-4(14-3)10(11)12/h1-2H. The highest BCUT2D eigenvalue weighted by Crippen LogP contribution is 2.31. The van der Waals surface area contributed by atoms with E-state index in [1.165, 1.54) is 12.1 Å². The third-order valence-electron chi connectivity index (χ3n) is 1.38. The number of hydrogen-bond donors (Lipinski definition) is 0. The quantitative estimate of drug-likeness (QED) is 0.585. The van der Waals surface area contributed by atoms with Gasteiger partial charge in [-0.15, -0.1) is 0 Å². The normalized spacial score (nSPS) is 10.4. The minimum absolute atomic E-state index is 0.0175. The Hall–Kier alpha value is -1.47. The van der Waals surface area contributed by atoms with Gasteiger partial charge in [0.2, 0.25) is 0 Å². The molecule has 0 atom stereocenters. The molecule has 0 aliphatic rings. The molecular formula is C6H2ClN3O3S. The number of rotatable bonds is 2. The van der Waals surface area contributed by atoms with Crippen LogP contribution in [0.4, 0.5) is 5.00 Å². The Balaban J connectivity index is 2.38. The molecule has 0 fully saturated rings. The smallest absolute Gasteiger partial charge is 0.324 e. The van der Waals surface area contributed by atoms with Gasteiger partial charge in [-0.2, -0.15) is 4.98 Å². The van der Waals surface area contributed by atoms with Crippen molar-refractivity contribution in [3.8, 4) is 10.8 Å². The number of halogens is 1. The average molecular weight is 232 g/mol. The summed E-state index contributed by atoms with van der Waals surface area (Å²) in [6.45, 7) is 0. The SMILES string of the molecule is O=[N+]([O-])c1ccc(-c2nc(Cl)no2)s1. The lowest BCUT2D eigenvalue weighted by Gasteiger charge is -1.82. The second kappa shape index (κ2) is 3.35. The van der Waals surface area contributed by atoms with Gasteiger partial charge in [-0.3, -0.25) is 10.1 Å². The Morgan fingerprint density at radius 3 is 2.86 bits per heavy atom. The van der Waals surface area contributed by atoms with E-state index in [1.807, 2.05) is 0 Å². The van der Waals surface area contributed by atoms with Crippen molar-refractivity contribution in [1.82, 2.24) is 10.1 Å². The first kappa shape index (κ1) is 9.10. The van der Waals surface area contributed by atoms with Crippen molar-refractivity contribution in [2.24, 2.45) is 0 Å². The minimum Gasteiger partial charge on any atom is -0.332 e. The van der Waals surface area contributed by atoms with E-state index in [0.717, 1.165) is 11.3 Å². The number of hydrogen-bond acceptors (Lipinski definition) is 6. The van der Waals surface area contributed by atoms with Gasteiger partial charge in [0.05, 0.1) is 9.80 Å². The van der Waals surface area contributed by atoms with Crippen LogP contribution in [0, 0.1) is 10.1 Å². The van der Waals surface area contributed by atoms with E-state index in [4.69, 9.17) is 16.1 Å². The van der Waals surface area contributed by atoms with Crippen LogP contribution in [-0.2, 0) is 0 Å². The van der Waals surface area contributed by atoms with Crippen LogP contribution in [0.2, 0.25) is 5.28 Å². The van der Waals surface area contributed by atoms with E-state index in [9.17, 15) is 10.1 Å². The van der Waals surface area contributed by atoms with Gasteiger partial charge in [0.1, 0.15) is 0 Å². The first-order valence-corrected chi connectivity index (χ1v) is 4.60. The van der Waals surface area contributed by atoms with Gasteiger partial charge in [-0.1, -0.05) is 11.3 Å². The van der Waals surface area contributed by atoms with Gasteiger partial charge in [0, 0.05) is 6.07 Å². The predicted molar refractivity (Wildman–Crippen MR) is 49.3 cm³/mol. The highest BCUT2D eigenvalue weighted by atomic mass is 35.5. The lowest BCUT2D eigenvalue weighted by molar-refractivity contribution is -0.380. The van der Waals surface area contributed by atoms with Crippen molar-refractivity contribution < 1.29 is 9.45 Å². The monoisotopic (exact) mass is 231 g/mol. The molecule has 0 N–H and O–H groups in total. The van der Waals surface area contributed by atoms with Crippen LogP contribution < -0.4 is 0 Å². The molecule has 8 heteroatoms. The van der Waals surface area contributed by atoms with Crippen LogP contribution in [-0.4, -0.2) is 15.1 Å². The van der Waals surface area contributed by atoms with Crippen molar-refractivity contribution in [2.75, 3.05) is 0 Å². The molecule has 0 spiro atoms. The molecule has 0 unspecified atom stereocenters. The van der Waals surface area contributed by atoms with Crippen LogP contribution in [0.3, 0.4) is 0 Å². The van der Waals surface area contributed by atoms with Crippen molar-refractivity contribution in [1.29, 1.82) is 0 Å². The fourth-order valence-electron chi connectivity index (χ4n) is 0.846. The first-order chi connectivity index (χ1) is 6.66. The number of nitro groups is 1. The molecule has 0 radical (unpaired) electrons. The van der Waals surface area contributed by atoms with E-state index in [2.05, 4.69) is 10.1 Å². The molecule has 0 saturated heterocycles. The lowest BCUT2D eigenvalue weighted by atomic mass is 10.5. The molecule has 0 aliphatic carbocycles. The Bertz CT molecular complexity index is 480. The summed E-state index contributed by atoms with van der Waals surface area (Å²) >= 11 is 6.39. The first-order valence-electron chi connectivity index (χ1n) is 3.40. The molecule has 0 saturated carbocycles. The van der Waals surface area contributed by atoms with Crippen LogP contribution in [0.5, 0.6) is 0 Å². The predicted octanol–water partition coefficient (Wildman–Crippen LogP) is 2.36. The second-order valence-electron chi connectivity index (χ2n) is 2.26. The van der Waals surface area contributed by atoms with Gasteiger partial charge < -0.3 is 4.52 Å². The summed E-state index contributed by atoms with van der Waals surface area (Å²) in [6, 6.07) is 2.91. The summed E-state index contributed by atoms with van der Waals surface area (Å²) in [4.78, 5) is 14.1. The van der Waals surface area contributed by atoms with Crippen LogP contribution >= 0.6 is 22.9 Å². The summed E-state index contributed by atoms with van der Waals surface area (Å²) in [7, 11) is 0. The molecule has 14 heavy (non-hydrogen) atoms. The van der Waals surface area contributed by atoms with Crippen LogP contribution in [0.1, 0.15) is 0 Å². The van der Waals surface area contributed by atoms with Crippen molar-refractivity contribution in [3.63, 3.8) is 0 Å². The van der Waals surface area contributed by atoms with E-state index >= 15 is 0 Å². The fraction of sp³-hybridized carbons (Fsp3) is 0. The van der Waals surface area contributed by atoms with Gasteiger partial charge in [-0.25, -0.2) is 0 Å². The number of nitrogens with zero attached hydrogens (tertiary/aromatic N) is 3. The molecule has 6 nitrogen and oxygen atoms in total. The highest BCUT2D eigenvalue weighted by Gasteiger charge is 2.15. The maximum absolute atomic E-state index is 10.4. The third-order valence-corrected chi connectivity index (χ3v) is 2.56. The molecule has 2 aromatic heterocycles. The maximum atomic E-state index is 10.4. The molecule has 72 valence electrons. The molecule has 0 aromatic carbocycles. The van der Waals surface area contributed by atoms with Crippen LogP contribution in [0.25, 0.3) is 10.8 Å².